The number of amides is 1. The molecule has 0 aliphatic heterocycles. The Bertz CT molecular complexity index is 522. The van der Waals surface area contributed by atoms with Crippen LogP contribution in [0, 0.1) is 0 Å². The SMILES string of the molecule is C\C=C/C=C\C(=C/C)NC(=O)[C@@](C)(O)COC1=CCCC=C1. The summed E-state index contributed by atoms with van der Waals surface area (Å²) in [6, 6.07) is 0. The van der Waals surface area contributed by atoms with Crippen LogP contribution in [0.25, 0.3) is 0 Å². The Kier molecular flexibility index (Phi) is 7.40. The highest BCUT2D eigenvalue weighted by molar-refractivity contribution is 5.86. The van der Waals surface area contributed by atoms with Crippen LogP contribution >= 0.6 is 0 Å². The molecule has 0 saturated carbocycles. The van der Waals surface area contributed by atoms with Crippen LogP contribution in [-0.2, 0) is 9.53 Å². The molecule has 1 rings (SSSR count). The molecule has 0 fully saturated rings. The average molecular weight is 303 g/mol. The number of carbonyl (C=O) groups is 1. The quantitative estimate of drug-likeness (QED) is 0.710. The summed E-state index contributed by atoms with van der Waals surface area (Å²) in [7, 11) is 0. The predicted octanol–water partition coefficient (Wildman–Crippen LogP) is 3.14. The summed E-state index contributed by atoms with van der Waals surface area (Å²) in [5, 5.41) is 13.0. The fourth-order valence-electron chi connectivity index (χ4n) is 1.73. The van der Waals surface area contributed by atoms with Crippen molar-refractivity contribution in [3.05, 3.63) is 60.1 Å². The lowest BCUT2D eigenvalue weighted by Gasteiger charge is -2.23. The molecule has 0 spiro atoms. The molecule has 4 heteroatoms. The topological polar surface area (TPSA) is 58.6 Å². The lowest BCUT2D eigenvalue weighted by atomic mass is 10.1. The zero-order chi connectivity index (χ0) is 16.4. The van der Waals surface area contributed by atoms with Crippen LogP contribution in [0.3, 0.4) is 0 Å². The van der Waals surface area contributed by atoms with E-state index in [9.17, 15) is 9.90 Å². The van der Waals surface area contributed by atoms with Crippen LogP contribution in [0.5, 0.6) is 0 Å². The highest BCUT2D eigenvalue weighted by Gasteiger charge is 2.31. The first-order valence-corrected chi connectivity index (χ1v) is 7.48. The van der Waals surface area contributed by atoms with E-state index in [-0.39, 0.29) is 6.61 Å². The van der Waals surface area contributed by atoms with Crippen LogP contribution in [0.15, 0.2) is 60.1 Å². The number of nitrogens with one attached hydrogen (secondary N) is 1. The van der Waals surface area contributed by atoms with E-state index < -0.39 is 11.5 Å². The molecule has 0 saturated heterocycles. The fraction of sp³-hybridized carbons (Fsp3) is 0.389. The third-order valence-electron chi connectivity index (χ3n) is 3.12. The molecule has 0 aromatic heterocycles. The van der Waals surface area contributed by atoms with E-state index >= 15 is 0 Å². The number of hydrogen-bond donors (Lipinski definition) is 2. The molecule has 4 nitrogen and oxygen atoms in total. The van der Waals surface area contributed by atoms with Gasteiger partial charge in [0.25, 0.3) is 5.91 Å². The van der Waals surface area contributed by atoms with Gasteiger partial charge in [0.1, 0.15) is 12.4 Å². The zero-order valence-electron chi connectivity index (χ0n) is 13.5. The van der Waals surface area contributed by atoms with E-state index in [1.165, 1.54) is 6.92 Å². The lowest BCUT2D eigenvalue weighted by Crippen LogP contribution is -2.47. The summed E-state index contributed by atoms with van der Waals surface area (Å²) < 4.78 is 5.50. The Morgan fingerprint density at radius 3 is 2.77 bits per heavy atom. The van der Waals surface area contributed by atoms with Gasteiger partial charge in [-0.15, -0.1) is 0 Å². The van der Waals surface area contributed by atoms with Gasteiger partial charge in [-0.3, -0.25) is 4.79 Å². The Morgan fingerprint density at radius 2 is 2.18 bits per heavy atom. The second-order valence-electron chi connectivity index (χ2n) is 5.23. The smallest absolute Gasteiger partial charge is 0.259 e. The van der Waals surface area contributed by atoms with E-state index in [0.29, 0.717) is 11.5 Å². The minimum atomic E-state index is -1.60. The Labute approximate surface area is 132 Å². The minimum Gasteiger partial charge on any atom is -0.490 e. The summed E-state index contributed by atoms with van der Waals surface area (Å²) >= 11 is 0. The highest BCUT2D eigenvalue weighted by Crippen LogP contribution is 2.14. The summed E-state index contributed by atoms with van der Waals surface area (Å²) in [6.07, 6.45) is 16.8. The predicted molar refractivity (Wildman–Crippen MR) is 88.9 cm³/mol. The maximum Gasteiger partial charge on any atom is 0.259 e. The molecule has 0 radical (unpaired) electrons. The maximum absolute atomic E-state index is 12.2. The first-order chi connectivity index (χ1) is 10.5. The number of hydrogen-bond acceptors (Lipinski definition) is 3. The van der Waals surface area contributed by atoms with Crippen molar-refractivity contribution in [2.45, 2.75) is 39.2 Å². The molecule has 1 aliphatic rings. The van der Waals surface area contributed by atoms with Crippen molar-refractivity contribution < 1.29 is 14.6 Å². The fourth-order valence-corrected chi connectivity index (χ4v) is 1.73. The summed E-state index contributed by atoms with van der Waals surface area (Å²) in [6.45, 7) is 5.08. The number of ether oxygens (including phenoxy) is 1. The molecule has 0 aromatic carbocycles. The zero-order valence-corrected chi connectivity index (χ0v) is 13.5. The van der Waals surface area contributed by atoms with E-state index in [4.69, 9.17) is 4.74 Å². The molecule has 22 heavy (non-hydrogen) atoms. The number of allylic oxidation sites excluding steroid dienone is 8. The van der Waals surface area contributed by atoms with Crippen molar-refractivity contribution in [1.82, 2.24) is 5.32 Å². The Hall–Kier alpha value is -2.07. The normalized spacial score (nSPS) is 18.4. The molecule has 1 atom stereocenters. The highest BCUT2D eigenvalue weighted by atomic mass is 16.5. The lowest BCUT2D eigenvalue weighted by molar-refractivity contribution is -0.141. The van der Waals surface area contributed by atoms with Gasteiger partial charge in [0.15, 0.2) is 5.60 Å². The summed E-state index contributed by atoms with van der Waals surface area (Å²) in [4.78, 5) is 12.2. The standard InChI is InChI=1S/C18H25NO3/c1-4-6-8-11-15(5-2)19-17(20)18(3,21)14-22-16-12-9-7-10-13-16/h4-6,8-9,11-13,21H,7,10,14H2,1-3H3,(H,19,20)/b6-4-,11-8-,15-5+/t18-/m0/s1. The van der Waals surface area contributed by atoms with Crippen LogP contribution in [0.2, 0.25) is 0 Å². The van der Waals surface area contributed by atoms with E-state index in [2.05, 4.69) is 5.32 Å². The average Bonchev–Trinajstić information content (AvgIpc) is 2.53. The van der Waals surface area contributed by atoms with Crippen molar-refractivity contribution in [2.24, 2.45) is 0 Å². The number of carbonyl (C=O) groups excluding carboxylic acids is 1. The van der Waals surface area contributed by atoms with Gasteiger partial charge in [0.05, 0.1) is 0 Å². The first kappa shape index (κ1) is 18.0. The van der Waals surface area contributed by atoms with Gasteiger partial charge in [-0.05, 0) is 51.8 Å². The molecule has 0 heterocycles. The summed E-state index contributed by atoms with van der Waals surface area (Å²) in [5.74, 6) is 0.199. The van der Waals surface area contributed by atoms with Crippen LogP contribution < -0.4 is 5.32 Å². The van der Waals surface area contributed by atoms with Gasteiger partial charge >= 0.3 is 0 Å². The molecule has 2 N–H and O–H groups in total. The number of rotatable bonds is 7. The van der Waals surface area contributed by atoms with Gasteiger partial charge in [0, 0.05) is 5.70 Å². The molecule has 120 valence electrons. The van der Waals surface area contributed by atoms with Gasteiger partial charge in [-0.1, -0.05) is 30.4 Å². The Balaban J connectivity index is 2.57. The van der Waals surface area contributed by atoms with Crippen LogP contribution in [-0.4, -0.2) is 23.2 Å². The summed E-state index contributed by atoms with van der Waals surface area (Å²) in [5.41, 5.74) is -0.977. The monoisotopic (exact) mass is 303 g/mol. The van der Waals surface area contributed by atoms with Crippen LogP contribution in [0.1, 0.15) is 33.6 Å². The van der Waals surface area contributed by atoms with Crippen molar-refractivity contribution in [2.75, 3.05) is 6.61 Å². The van der Waals surface area contributed by atoms with Crippen LogP contribution in [0.4, 0.5) is 0 Å². The second kappa shape index (κ2) is 9.05. The van der Waals surface area contributed by atoms with E-state index in [1.807, 2.05) is 50.3 Å². The van der Waals surface area contributed by atoms with Gasteiger partial charge < -0.3 is 15.2 Å². The molecule has 0 unspecified atom stereocenters. The molecule has 1 aliphatic carbocycles. The van der Waals surface area contributed by atoms with Gasteiger partial charge in [0.2, 0.25) is 0 Å². The van der Waals surface area contributed by atoms with Crippen molar-refractivity contribution in [3.63, 3.8) is 0 Å². The number of aliphatic hydroxyl groups is 1. The van der Waals surface area contributed by atoms with Crippen molar-refractivity contribution >= 4 is 5.91 Å². The van der Waals surface area contributed by atoms with Gasteiger partial charge in [-0.25, -0.2) is 0 Å². The third kappa shape index (κ3) is 6.14. The molecule has 0 bridgehead atoms. The molecule has 1 amide bonds. The maximum atomic E-state index is 12.2. The van der Waals surface area contributed by atoms with Gasteiger partial charge in [-0.2, -0.15) is 0 Å². The van der Waals surface area contributed by atoms with E-state index in [0.717, 1.165) is 12.8 Å². The molecular weight excluding hydrogens is 278 g/mol. The molecular formula is C18H25NO3. The largest absolute Gasteiger partial charge is 0.490 e. The minimum absolute atomic E-state index is 0.0927. The first-order valence-electron chi connectivity index (χ1n) is 7.48. The van der Waals surface area contributed by atoms with Crippen molar-refractivity contribution in [1.29, 1.82) is 0 Å². The Morgan fingerprint density at radius 1 is 1.41 bits per heavy atom. The van der Waals surface area contributed by atoms with Crippen molar-refractivity contribution in [3.8, 4) is 0 Å². The second-order valence-corrected chi connectivity index (χ2v) is 5.23. The van der Waals surface area contributed by atoms with E-state index in [1.54, 1.807) is 12.2 Å². The third-order valence-corrected chi connectivity index (χ3v) is 3.12. The molecule has 0 aromatic rings.